The van der Waals surface area contributed by atoms with Gasteiger partial charge in [0.05, 0.1) is 7.05 Å². The van der Waals surface area contributed by atoms with E-state index in [1.165, 1.54) is 0 Å². The van der Waals surface area contributed by atoms with Gasteiger partial charge >= 0.3 is 0 Å². The number of nitrogens with zero attached hydrogens (tertiary/aromatic N) is 2. The van der Waals surface area contributed by atoms with Crippen molar-refractivity contribution in [3.05, 3.63) is 64.4 Å². The largest absolute Gasteiger partial charge is 0.290 e. The highest BCUT2D eigenvalue weighted by atomic mass is 79.9. The number of carbonyl (C=O) groups excluding carboxylic acids is 1. The van der Waals surface area contributed by atoms with Crippen LogP contribution in [0.5, 0.6) is 0 Å². The second-order valence-corrected chi connectivity index (χ2v) is 6.03. The Kier molecular flexibility index (Phi) is 3.64. The summed E-state index contributed by atoms with van der Waals surface area (Å²) in [6.07, 6.45) is 0. The lowest BCUT2D eigenvalue weighted by Gasteiger charge is -2.01. The highest BCUT2D eigenvalue weighted by Gasteiger charge is 2.21. The molecule has 1 aromatic heterocycles. The van der Waals surface area contributed by atoms with Crippen LogP contribution in [-0.2, 0) is 13.6 Å². The van der Waals surface area contributed by atoms with E-state index in [-0.39, 0.29) is 5.78 Å². The van der Waals surface area contributed by atoms with Crippen LogP contribution in [0, 0.1) is 6.92 Å². The fraction of sp³-hybridized carbons (Fsp3) is 0.176. The molecule has 0 aliphatic rings. The lowest BCUT2D eigenvalue weighted by molar-refractivity contribution is -0.652. The van der Waals surface area contributed by atoms with Crippen molar-refractivity contribution in [2.75, 3.05) is 0 Å². The smallest absolute Gasteiger partial charge is 0.254 e. The predicted octanol–water partition coefficient (Wildman–Crippen LogP) is 3.42. The van der Waals surface area contributed by atoms with Crippen LogP contribution in [0.3, 0.4) is 0 Å². The Morgan fingerprint density at radius 2 is 1.95 bits per heavy atom. The standard InChI is InChI=1S/C17H16BrN2O/c1-12-19(2)15-8-3-4-9-16(15)20(12)11-17(21)13-6-5-7-14(18)10-13/h3-10H,11H2,1-2H3/q+1. The van der Waals surface area contributed by atoms with Gasteiger partial charge in [-0.1, -0.05) is 40.2 Å². The lowest BCUT2D eigenvalue weighted by atomic mass is 10.1. The van der Waals surface area contributed by atoms with E-state index in [2.05, 4.69) is 37.2 Å². The Labute approximate surface area is 132 Å². The third-order valence-electron chi connectivity index (χ3n) is 3.86. The minimum Gasteiger partial charge on any atom is -0.290 e. The molecule has 3 aromatic rings. The van der Waals surface area contributed by atoms with E-state index in [9.17, 15) is 4.79 Å². The molecule has 3 nitrogen and oxygen atoms in total. The molecule has 0 aliphatic heterocycles. The Bertz CT molecular complexity index is 836. The van der Waals surface area contributed by atoms with E-state index < -0.39 is 0 Å². The third-order valence-corrected chi connectivity index (χ3v) is 4.35. The second-order valence-electron chi connectivity index (χ2n) is 5.11. The van der Waals surface area contributed by atoms with Gasteiger partial charge in [-0.2, -0.15) is 0 Å². The molecule has 4 heteroatoms. The molecule has 2 aromatic carbocycles. The minimum absolute atomic E-state index is 0.112. The number of Topliss-reactive ketones (excluding diaryl/α,β-unsaturated/α-hetero) is 1. The average molecular weight is 344 g/mol. The molecular weight excluding hydrogens is 328 g/mol. The van der Waals surface area contributed by atoms with E-state index in [0.717, 1.165) is 26.9 Å². The zero-order valence-corrected chi connectivity index (χ0v) is 13.6. The van der Waals surface area contributed by atoms with Crippen molar-refractivity contribution in [2.24, 2.45) is 7.05 Å². The van der Waals surface area contributed by atoms with Gasteiger partial charge < -0.3 is 0 Å². The summed E-state index contributed by atoms with van der Waals surface area (Å²) in [5.74, 6) is 1.18. The van der Waals surface area contributed by atoms with Crippen LogP contribution in [0.1, 0.15) is 16.2 Å². The molecule has 0 unspecified atom stereocenters. The molecule has 106 valence electrons. The molecule has 0 saturated carbocycles. The van der Waals surface area contributed by atoms with Gasteiger partial charge in [0.15, 0.2) is 17.6 Å². The maximum Gasteiger partial charge on any atom is 0.254 e. The van der Waals surface area contributed by atoms with Gasteiger partial charge in [-0.05, 0) is 24.3 Å². The molecule has 0 atom stereocenters. The van der Waals surface area contributed by atoms with Gasteiger partial charge in [0.2, 0.25) is 5.78 Å². The summed E-state index contributed by atoms with van der Waals surface area (Å²) in [5.41, 5.74) is 2.95. The summed E-state index contributed by atoms with van der Waals surface area (Å²) < 4.78 is 5.11. The zero-order chi connectivity index (χ0) is 15.0. The summed E-state index contributed by atoms with van der Waals surface area (Å²) in [4.78, 5) is 12.5. The van der Waals surface area contributed by atoms with Crippen LogP contribution in [0.2, 0.25) is 0 Å². The molecule has 21 heavy (non-hydrogen) atoms. The minimum atomic E-state index is 0.112. The molecule has 0 radical (unpaired) electrons. The van der Waals surface area contributed by atoms with Crippen molar-refractivity contribution in [1.29, 1.82) is 0 Å². The summed E-state index contributed by atoms with van der Waals surface area (Å²) in [7, 11) is 2.03. The third kappa shape index (κ3) is 2.51. The molecule has 0 amide bonds. The number of hydrogen-bond donors (Lipinski definition) is 0. The van der Waals surface area contributed by atoms with Gasteiger partial charge in [0.1, 0.15) is 0 Å². The van der Waals surface area contributed by atoms with Crippen LogP contribution in [-0.4, -0.2) is 10.4 Å². The molecule has 1 heterocycles. The number of benzene rings is 2. The molecule has 3 rings (SSSR count). The van der Waals surface area contributed by atoms with Crippen molar-refractivity contribution in [1.82, 2.24) is 4.57 Å². The van der Waals surface area contributed by atoms with Crippen molar-refractivity contribution < 1.29 is 9.36 Å². The van der Waals surface area contributed by atoms with E-state index in [4.69, 9.17) is 0 Å². The first-order valence-electron chi connectivity index (χ1n) is 6.80. The fourth-order valence-electron chi connectivity index (χ4n) is 2.60. The van der Waals surface area contributed by atoms with Gasteiger partial charge in [-0.15, -0.1) is 0 Å². The monoisotopic (exact) mass is 343 g/mol. The van der Waals surface area contributed by atoms with E-state index >= 15 is 0 Å². The molecule has 0 bridgehead atoms. The first-order chi connectivity index (χ1) is 10.1. The highest BCUT2D eigenvalue weighted by molar-refractivity contribution is 9.10. The number of ketones is 1. The zero-order valence-electron chi connectivity index (χ0n) is 12.0. The summed E-state index contributed by atoms with van der Waals surface area (Å²) in [5, 5.41) is 0. The van der Waals surface area contributed by atoms with Gasteiger partial charge in [-0.3, -0.25) is 4.79 Å². The number of hydrogen-bond acceptors (Lipinski definition) is 1. The summed E-state index contributed by atoms with van der Waals surface area (Å²) in [6.45, 7) is 2.39. The van der Waals surface area contributed by atoms with Crippen LogP contribution in [0.15, 0.2) is 53.0 Å². The molecule has 0 fully saturated rings. The van der Waals surface area contributed by atoms with E-state index in [0.29, 0.717) is 6.54 Å². The summed E-state index contributed by atoms with van der Waals surface area (Å²) >= 11 is 3.41. The van der Waals surface area contributed by atoms with Crippen molar-refractivity contribution >= 4 is 32.7 Å². The van der Waals surface area contributed by atoms with Gasteiger partial charge in [0, 0.05) is 17.0 Å². The number of aryl methyl sites for hydroxylation is 1. The predicted molar refractivity (Wildman–Crippen MR) is 86.3 cm³/mol. The Balaban J connectivity index is 2.02. The van der Waals surface area contributed by atoms with Gasteiger partial charge in [-0.25, -0.2) is 9.13 Å². The molecule has 0 spiro atoms. The van der Waals surface area contributed by atoms with Crippen molar-refractivity contribution in [3.63, 3.8) is 0 Å². The highest BCUT2D eigenvalue weighted by Crippen LogP contribution is 2.16. The molecule has 0 saturated heterocycles. The average Bonchev–Trinajstić information content (AvgIpc) is 2.73. The van der Waals surface area contributed by atoms with E-state index in [1.54, 1.807) is 0 Å². The number of para-hydroxylation sites is 2. The lowest BCUT2D eigenvalue weighted by Crippen LogP contribution is -2.31. The molecule has 0 aliphatic carbocycles. The number of fused-ring (bicyclic) bond motifs is 1. The number of carbonyl (C=O) groups is 1. The topological polar surface area (TPSA) is 25.9 Å². The van der Waals surface area contributed by atoms with Crippen molar-refractivity contribution in [2.45, 2.75) is 13.5 Å². The second kappa shape index (κ2) is 5.45. The summed E-state index contributed by atoms with van der Waals surface area (Å²) in [6, 6.07) is 15.7. The van der Waals surface area contributed by atoms with E-state index in [1.807, 2.05) is 50.4 Å². The SMILES string of the molecule is Cc1n(CC(=O)c2cccc(Br)c2)c2ccccc2[n+]1C. The van der Waals surface area contributed by atoms with Crippen LogP contribution in [0.4, 0.5) is 0 Å². The maximum atomic E-state index is 12.5. The first-order valence-corrected chi connectivity index (χ1v) is 7.60. The quantitative estimate of drug-likeness (QED) is 0.528. The van der Waals surface area contributed by atoms with Crippen LogP contribution >= 0.6 is 15.9 Å². The molecular formula is C17H16BrN2O+. The normalized spacial score (nSPS) is 11.0. The Hall–Kier alpha value is -1.94. The Morgan fingerprint density at radius 3 is 2.71 bits per heavy atom. The van der Waals surface area contributed by atoms with Gasteiger partial charge in [0.25, 0.3) is 5.82 Å². The fourth-order valence-corrected chi connectivity index (χ4v) is 3.00. The molecule has 0 N–H and O–H groups in total. The Morgan fingerprint density at radius 1 is 1.19 bits per heavy atom. The maximum absolute atomic E-state index is 12.5. The van der Waals surface area contributed by atoms with Crippen molar-refractivity contribution in [3.8, 4) is 0 Å². The first kappa shape index (κ1) is 14.0. The number of aromatic nitrogens is 2. The number of halogens is 1. The van der Waals surface area contributed by atoms with Crippen LogP contribution in [0.25, 0.3) is 11.0 Å². The number of imidazole rings is 1. The number of rotatable bonds is 3. The van der Waals surface area contributed by atoms with Crippen LogP contribution < -0.4 is 4.57 Å².